The molecule has 3 aliphatic carbocycles. The largest absolute Gasteiger partial charge is 0.274 e. The third kappa shape index (κ3) is 2.09. The monoisotopic (exact) mass is 407 g/mol. The number of nitrogens with zero attached hydrogens (tertiary/aromatic N) is 1. The maximum Gasteiger partial charge on any atom is 0.238 e. The minimum Gasteiger partial charge on any atom is -0.274 e. The molecule has 1 aliphatic heterocycles. The Bertz CT molecular complexity index is 1230. The van der Waals surface area contributed by atoms with E-state index < -0.39 is 5.41 Å². The van der Waals surface area contributed by atoms with E-state index in [9.17, 15) is 9.59 Å². The number of hydrogen-bond acceptors (Lipinski definition) is 2. The van der Waals surface area contributed by atoms with Crippen LogP contribution in [0.3, 0.4) is 0 Å². The van der Waals surface area contributed by atoms with Gasteiger partial charge in [0.1, 0.15) is 0 Å². The molecule has 1 saturated heterocycles. The summed E-state index contributed by atoms with van der Waals surface area (Å²) in [7, 11) is 0. The Kier molecular flexibility index (Phi) is 3.69. The second-order valence-electron chi connectivity index (χ2n) is 9.26. The van der Waals surface area contributed by atoms with Crippen molar-refractivity contribution in [3.05, 3.63) is 100 Å². The van der Waals surface area contributed by atoms with Crippen LogP contribution in [0.2, 0.25) is 0 Å². The molecule has 3 aromatic carbocycles. The summed E-state index contributed by atoms with van der Waals surface area (Å²) in [6, 6.07) is 22.8. The predicted octanol–water partition coefficient (Wildman–Crippen LogP) is 5.26. The van der Waals surface area contributed by atoms with Crippen molar-refractivity contribution in [2.24, 2.45) is 11.8 Å². The zero-order valence-corrected chi connectivity index (χ0v) is 18.1. The van der Waals surface area contributed by atoms with E-state index in [2.05, 4.69) is 55.5 Å². The van der Waals surface area contributed by atoms with Crippen LogP contribution in [0.15, 0.2) is 66.7 Å². The van der Waals surface area contributed by atoms with Gasteiger partial charge in [0.25, 0.3) is 0 Å². The number of amides is 2. The average Bonchev–Trinajstić information content (AvgIpc) is 3.07. The molecule has 2 amide bonds. The van der Waals surface area contributed by atoms with Crippen LogP contribution in [0, 0.1) is 25.7 Å². The molecule has 31 heavy (non-hydrogen) atoms. The van der Waals surface area contributed by atoms with Gasteiger partial charge in [-0.2, -0.15) is 0 Å². The van der Waals surface area contributed by atoms with Crippen molar-refractivity contribution < 1.29 is 9.59 Å². The molecule has 4 aliphatic rings. The van der Waals surface area contributed by atoms with E-state index in [4.69, 9.17) is 0 Å². The molecule has 3 nitrogen and oxygen atoms in total. The van der Waals surface area contributed by atoms with Crippen molar-refractivity contribution in [2.45, 2.75) is 38.5 Å². The van der Waals surface area contributed by atoms with E-state index >= 15 is 0 Å². The maximum atomic E-state index is 14.0. The van der Waals surface area contributed by atoms with Crippen LogP contribution in [-0.4, -0.2) is 11.8 Å². The highest BCUT2D eigenvalue weighted by molar-refractivity contribution is 6.23. The maximum absolute atomic E-state index is 14.0. The standard InChI is InChI=1S/C28H25NO2/c1-4-28-21-11-7-5-9-19(21)23(20-10-6-8-12-22(20)28)24-25(28)27(31)29(26(24)30)18-14-13-16(2)17(3)15-18/h5-15,23-25H,4H2,1-3H3/t23?,24-,25+,28?/m1/s1. The Morgan fingerprint density at radius 1 is 0.806 bits per heavy atom. The summed E-state index contributed by atoms with van der Waals surface area (Å²) >= 11 is 0. The van der Waals surface area contributed by atoms with E-state index in [0.29, 0.717) is 5.69 Å². The number of benzene rings is 3. The van der Waals surface area contributed by atoms with Gasteiger partial charge in [-0.1, -0.05) is 61.5 Å². The highest BCUT2D eigenvalue weighted by Crippen LogP contribution is 2.65. The Hall–Kier alpha value is -3.20. The molecule has 0 radical (unpaired) electrons. The summed E-state index contributed by atoms with van der Waals surface area (Å²) in [5, 5.41) is 0. The molecule has 3 aromatic rings. The zero-order valence-electron chi connectivity index (χ0n) is 18.1. The molecule has 0 spiro atoms. The van der Waals surface area contributed by atoms with Crippen LogP contribution in [0.1, 0.15) is 52.6 Å². The number of carbonyl (C=O) groups excluding carboxylic acids is 2. The minimum atomic E-state index is -0.464. The van der Waals surface area contributed by atoms with Crippen LogP contribution < -0.4 is 4.90 Å². The first kappa shape index (κ1) is 18.6. The summed E-state index contributed by atoms with van der Waals surface area (Å²) in [6.07, 6.45) is 0.786. The lowest BCUT2D eigenvalue weighted by Gasteiger charge is -2.54. The molecule has 7 rings (SSSR count). The number of anilines is 1. The van der Waals surface area contributed by atoms with Crippen LogP contribution in [0.5, 0.6) is 0 Å². The molecule has 2 bridgehead atoms. The molecule has 1 heterocycles. The highest BCUT2D eigenvalue weighted by atomic mass is 16.2. The first-order valence-electron chi connectivity index (χ1n) is 11.1. The Morgan fingerprint density at radius 3 is 2.00 bits per heavy atom. The molecule has 154 valence electrons. The van der Waals surface area contributed by atoms with Gasteiger partial charge < -0.3 is 0 Å². The number of rotatable bonds is 2. The number of carbonyl (C=O) groups is 2. The normalized spacial score (nSPS) is 27.8. The third-order valence-corrected chi connectivity index (χ3v) is 8.10. The highest BCUT2D eigenvalue weighted by Gasteiger charge is 2.67. The molecule has 3 heteroatoms. The Morgan fingerprint density at radius 2 is 1.42 bits per heavy atom. The van der Waals surface area contributed by atoms with Crippen molar-refractivity contribution in [1.82, 2.24) is 0 Å². The lowest BCUT2D eigenvalue weighted by molar-refractivity contribution is -0.123. The average molecular weight is 408 g/mol. The minimum absolute atomic E-state index is 0.0471. The van der Waals surface area contributed by atoms with Crippen LogP contribution >= 0.6 is 0 Å². The quantitative estimate of drug-likeness (QED) is 0.543. The van der Waals surface area contributed by atoms with E-state index in [-0.39, 0.29) is 29.6 Å². The smallest absolute Gasteiger partial charge is 0.238 e. The molecule has 0 unspecified atom stereocenters. The Labute approximate surface area is 182 Å². The number of hydrogen-bond donors (Lipinski definition) is 0. The van der Waals surface area contributed by atoms with Crippen molar-refractivity contribution in [1.29, 1.82) is 0 Å². The van der Waals surface area contributed by atoms with Gasteiger partial charge in [-0.25, -0.2) is 4.90 Å². The van der Waals surface area contributed by atoms with Crippen molar-refractivity contribution in [3.8, 4) is 0 Å². The Balaban J connectivity index is 1.62. The third-order valence-electron chi connectivity index (χ3n) is 8.10. The molecular formula is C28H25NO2. The van der Waals surface area contributed by atoms with Crippen molar-refractivity contribution in [3.63, 3.8) is 0 Å². The molecule has 2 atom stereocenters. The van der Waals surface area contributed by atoms with Gasteiger partial charge in [0.05, 0.1) is 17.5 Å². The first-order valence-corrected chi connectivity index (χ1v) is 11.1. The molecule has 1 fully saturated rings. The fourth-order valence-electron chi connectivity index (χ4n) is 6.65. The van der Waals surface area contributed by atoms with Crippen LogP contribution in [0.25, 0.3) is 0 Å². The van der Waals surface area contributed by atoms with Crippen LogP contribution in [0.4, 0.5) is 5.69 Å². The van der Waals surface area contributed by atoms with E-state index in [1.54, 1.807) is 0 Å². The lowest BCUT2D eigenvalue weighted by atomic mass is 9.46. The molecule has 0 aromatic heterocycles. The van der Waals surface area contributed by atoms with Crippen molar-refractivity contribution >= 4 is 17.5 Å². The first-order chi connectivity index (χ1) is 15.0. The van der Waals surface area contributed by atoms with Gasteiger partial charge in [-0.15, -0.1) is 0 Å². The van der Waals surface area contributed by atoms with Gasteiger partial charge >= 0.3 is 0 Å². The second-order valence-corrected chi connectivity index (χ2v) is 9.26. The molecule has 0 N–H and O–H groups in total. The number of aryl methyl sites for hydroxylation is 2. The molecular weight excluding hydrogens is 382 g/mol. The summed E-state index contributed by atoms with van der Waals surface area (Å²) in [4.78, 5) is 29.4. The lowest BCUT2D eigenvalue weighted by Crippen LogP contribution is -2.53. The summed E-state index contributed by atoms with van der Waals surface area (Å²) in [6.45, 7) is 6.23. The fraction of sp³-hybridized carbons (Fsp3) is 0.286. The summed E-state index contributed by atoms with van der Waals surface area (Å²) < 4.78 is 0. The van der Waals surface area contributed by atoms with E-state index in [1.807, 2.05) is 32.0 Å². The summed E-state index contributed by atoms with van der Waals surface area (Å²) in [5.41, 5.74) is 7.37. The zero-order chi connectivity index (χ0) is 21.5. The van der Waals surface area contributed by atoms with Gasteiger partial charge in [0.15, 0.2) is 0 Å². The topological polar surface area (TPSA) is 37.4 Å². The van der Waals surface area contributed by atoms with Gasteiger partial charge in [0.2, 0.25) is 11.8 Å². The second kappa shape index (κ2) is 6.16. The SMILES string of the molecule is CCC12c3ccccc3C(c3ccccc31)[C@H]1C(=O)N(c3ccc(C)c(C)c3)C(=O)[C@H]12. The van der Waals surface area contributed by atoms with Gasteiger partial charge in [-0.05, 0) is 65.8 Å². The summed E-state index contributed by atoms with van der Waals surface area (Å²) in [5.74, 6) is -0.877. The fourth-order valence-corrected chi connectivity index (χ4v) is 6.65. The van der Waals surface area contributed by atoms with E-state index in [1.165, 1.54) is 27.2 Å². The number of imide groups is 1. The van der Waals surface area contributed by atoms with Gasteiger partial charge in [-0.3, -0.25) is 9.59 Å². The molecule has 0 saturated carbocycles. The predicted molar refractivity (Wildman–Crippen MR) is 121 cm³/mol. The van der Waals surface area contributed by atoms with Gasteiger partial charge in [0, 0.05) is 11.3 Å². The van der Waals surface area contributed by atoms with Crippen molar-refractivity contribution in [2.75, 3.05) is 4.90 Å². The van der Waals surface area contributed by atoms with Crippen LogP contribution in [-0.2, 0) is 15.0 Å². The van der Waals surface area contributed by atoms with E-state index in [0.717, 1.165) is 17.5 Å².